The number of nitro groups is 1. The number of nitrogens with one attached hydrogen (secondary N) is 1. The number of nitrogens with zero attached hydrogens (tertiary/aromatic N) is 3. The van der Waals surface area contributed by atoms with Crippen LogP contribution in [-0.2, 0) is 10.0 Å². The molecular weight excluding hydrogens is 384 g/mol. The molecule has 136 valence electrons. The van der Waals surface area contributed by atoms with E-state index in [0.717, 1.165) is 10.5 Å². The minimum atomic E-state index is -4.36. The van der Waals surface area contributed by atoms with Gasteiger partial charge in [-0.1, -0.05) is 0 Å². The van der Waals surface area contributed by atoms with Crippen molar-refractivity contribution in [2.24, 2.45) is 0 Å². The topological polar surface area (TPSA) is 133 Å². The average molecular weight is 396 g/mol. The summed E-state index contributed by atoms with van der Waals surface area (Å²) in [5.74, 6) is 0.0708. The molecule has 0 aliphatic carbocycles. The van der Waals surface area contributed by atoms with Gasteiger partial charge >= 0.3 is 0 Å². The summed E-state index contributed by atoms with van der Waals surface area (Å²) < 4.78 is 33.9. The molecule has 1 aromatic carbocycles. The Labute approximate surface area is 150 Å². The second-order valence-electron chi connectivity index (χ2n) is 5.13. The van der Waals surface area contributed by atoms with Crippen molar-refractivity contribution in [1.82, 2.24) is 9.38 Å². The third-order valence-electron chi connectivity index (χ3n) is 3.50. The first-order chi connectivity index (χ1) is 12.2. The van der Waals surface area contributed by atoms with Crippen LogP contribution < -0.4 is 15.0 Å². The van der Waals surface area contributed by atoms with Crippen LogP contribution in [0.2, 0.25) is 0 Å². The van der Waals surface area contributed by atoms with Crippen molar-refractivity contribution in [2.75, 3.05) is 11.8 Å². The number of nitro benzene ring substituents is 1. The summed E-state index contributed by atoms with van der Waals surface area (Å²) >= 11 is 1.19. The number of hydrogen-bond acceptors (Lipinski definition) is 8. The van der Waals surface area contributed by atoms with Crippen LogP contribution in [0.4, 0.5) is 11.4 Å². The van der Waals surface area contributed by atoms with E-state index in [0.29, 0.717) is 4.96 Å². The van der Waals surface area contributed by atoms with Crippen molar-refractivity contribution < 1.29 is 18.1 Å². The lowest BCUT2D eigenvalue weighted by Crippen LogP contribution is -2.27. The van der Waals surface area contributed by atoms with Gasteiger partial charge < -0.3 is 4.74 Å². The third-order valence-corrected chi connectivity index (χ3v) is 5.75. The molecule has 3 aromatic rings. The van der Waals surface area contributed by atoms with Gasteiger partial charge in [0.2, 0.25) is 0 Å². The van der Waals surface area contributed by atoms with Crippen molar-refractivity contribution >= 4 is 37.7 Å². The molecule has 0 saturated heterocycles. The number of sulfonamides is 1. The summed E-state index contributed by atoms with van der Waals surface area (Å²) in [6, 6.07) is 3.45. The van der Waals surface area contributed by atoms with E-state index in [1.54, 1.807) is 5.38 Å². The van der Waals surface area contributed by atoms with E-state index in [9.17, 15) is 23.3 Å². The minimum absolute atomic E-state index is 0.0225. The van der Waals surface area contributed by atoms with Crippen LogP contribution in [0, 0.1) is 17.0 Å². The molecular formula is C14H12N4O6S2. The summed E-state index contributed by atoms with van der Waals surface area (Å²) in [4.78, 5) is 26.8. The number of anilines is 1. The zero-order valence-corrected chi connectivity index (χ0v) is 15.1. The van der Waals surface area contributed by atoms with Crippen LogP contribution in [0.3, 0.4) is 0 Å². The van der Waals surface area contributed by atoms with Crippen molar-refractivity contribution in [3.05, 3.63) is 55.9 Å². The zero-order chi connectivity index (χ0) is 19.1. The monoisotopic (exact) mass is 396 g/mol. The fourth-order valence-electron chi connectivity index (χ4n) is 2.36. The molecule has 0 amide bonds. The highest BCUT2D eigenvalue weighted by Gasteiger charge is 2.26. The largest absolute Gasteiger partial charge is 0.495 e. The Kier molecular flexibility index (Phi) is 4.38. The van der Waals surface area contributed by atoms with Crippen molar-refractivity contribution in [1.29, 1.82) is 0 Å². The number of non-ortho nitro benzene ring substituents is 1. The molecule has 0 spiro atoms. The lowest BCUT2D eigenvalue weighted by atomic mass is 10.2. The Morgan fingerprint density at radius 1 is 1.38 bits per heavy atom. The van der Waals surface area contributed by atoms with Crippen molar-refractivity contribution in [3.63, 3.8) is 0 Å². The number of methoxy groups -OCH3 is 1. The minimum Gasteiger partial charge on any atom is -0.495 e. The van der Waals surface area contributed by atoms with Gasteiger partial charge in [-0.15, -0.1) is 11.3 Å². The summed E-state index contributed by atoms with van der Waals surface area (Å²) in [7, 11) is -3.07. The molecule has 10 nitrogen and oxygen atoms in total. The standard InChI is InChI=1S/C14H12N4O6S2/c1-8-12(13(19)17-5-6-25-14(17)15-8)26(22,23)16-10-7-9(18(20)21)3-4-11(10)24-2/h3-7,16H,1-2H3. The van der Waals surface area contributed by atoms with E-state index in [1.807, 2.05) is 0 Å². The molecule has 0 atom stereocenters. The Balaban J connectivity index is 2.15. The maximum atomic E-state index is 12.8. The van der Waals surface area contributed by atoms with Crippen LogP contribution in [0.5, 0.6) is 5.75 Å². The zero-order valence-electron chi connectivity index (χ0n) is 13.5. The van der Waals surface area contributed by atoms with Crippen LogP contribution >= 0.6 is 11.3 Å². The SMILES string of the molecule is COc1ccc([N+](=O)[O-])cc1NS(=O)(=O)c1c(C)nc2sccn2c1=O. The third kappa shape index (κ3) is 2.99. The lowest BCUT2D eigenvalue weighted by molar-refractivity contribution is -0.384. The van der Waals surface area contributed by atoms with Gasteiger partial charge in [-0.3, -0.25) is 24.0 Å². The second-order valence-corrected chi connectivity index (χ2v) is 7.63. The van der Waals surface area contributed by atoms with Gasteiger partial charge in [-0.05, 0) is 13.0 Å². The van der Waals surface area contributed by atoms with E-state index in [1.165, 1.54) is 43.7 Å². The predicted molar refractivity (Wildman–Crippen MR) is 94.5 cm³/mol. The average Bonchev–Trinajstić information content (AvgIpc) is 3.02. The molecule has 3 rings (SSSR count). The molecule has 2 heterocycles. The fourth-order valence-corrected chi connectivity index (χ4v) is 4.43. The Morgan fingerprint density at radius 3 is 2.77 bits per heavy atom. The quantitative estimate of drug-likeness (QED) is 0.513. The predicted octanol–water partition coefficient (Wildman–Crippen LogP) is 1.78. The molecule has 0 radical (unpaired) electrons. The fraction of sp³-hybridized carbons (Fsp3) is 0.143. The van der Waals surface area contributed by atoms with Gasteiger partial charge in [0.1, 0.15) is 5.75 Å². The number of aryl methyl sites for hydroxylation is 1. The highest BCUT2D eigenvalue weighted by Crippen LogP contribution is 2.30. The maximum Gasteiger partial charge on any atom is 0.279 e. The highest BCUT2D eigenvalue weighted by atomic mass is 32.2. The lowest BCUT2D eigenvalue weighted by Gasteiger charge is -2.12. The Hall–Kier alpha value is -2.99. The molecule has 0 saturated carbocycles. The Bertz CT molecular complexity index is 1180. The van der Waals surface area contributed by atoms with E-state index < -0.39 is 25.4 Å². The van der Waals surface area contributed by atoms with Gasteiger partial charge in [0.25, 0.3) is 21.3 Å². The van der Waals surface area contributed by atoms with Gasteiger partial charge in [0, 0.05) is 23.7 Å². The van der Waals surface area contributed by atoms with E-state index in [4.69, 9.17) is 4.74 Å². The summed E-state index contributed by atoms with van der Waals surface area (Å²) in [5.41, 5.74) is -1.22. The first-order valence-electron chi connectivity index (χ1n) is 7.06. The van der Waals surface area contributed by atoms with Gasteiger partial charge in [-0.25, -0.2) is 13.4 Å². The normalized spacial score (nSPS) is 11.5. The van der Waals surface area contributed by atoms with Crippen molar-refractivity contribution in [2.45, 2.75) is 11.8 Å². The molecule has 0 aliphatic heterocycles. The molecule has 0 bridgehead atoms. The Morgan fingerprint density at radius 2 is 2.12 bits per heavy atom. The number of aromatic nitrogens is 2. The first-order valence-corrected chi connectivity index (χ1v) is 9.42. The molecule has 0 aliphatic rings. The van der Waals surface area contributed by atoms with Crippen molar-refractivity contribution in [3.8, 4) is 5.75 Å². The molecule has 26 heavy (non-hydrogen) atoms. The molecule has 12 heteroatoms. The first kappa shape index (κ1) is 17.8. The molecule has 2 aromatic heterocycles. The van der Waals surface area contributed by atoms with E-state index in [-0.39, 0.29) is 22.8 Å². The number of fused-ring (bicyclic) bond motifs is 1. The number of hydrogen-bond donors (Lipinski definition) is 1. The van der Waals surface area contributed by atoms with Crippen LogP contribution in [-0.4, -0.2) is 29.8 Å². The van der Waals surface area contributed by atoms with Gasteiger partial charge in [0.15, 0.2) is 9.86 Å². The number of rotatable bonds is 5. The number of thiazole rings is 1. The van der Waals surface area contributed by atoms with Crippen LogP contribution in [0.15, 0.2) is 39.5 Å². The van der Waals surface area contributed by atoms with Crippen LogP contribution in [0.1, 0.15) is 5.69 Å². The van der Waals surface area contributed by atoms with Gasteiger partial charge in [0.05, 0.1) is 23.4 Å². The summed E-state index contributed by atoms with van der Waals surface area (Å²) in [5, 5.41) is 12.5. The molecule has 0 fully saturated rings. The smallest absolute Gasteiger partial charge is 0.279 e. The molecule has 0 unspecified atom stereocenters. The number of benzene rings is 1. The van der Waals surface area contributed by atoms with Gasteiger partial charge in [-0.2, -0.15) is 0 Å². The highest BCUT2D eigenvalue weighted by molar-refractivity contribution is 7.92. The molecule has 1 N–H and O–H groups in total. The number of ether oxygens (including phenoxy) is 1. The maximum absolute atomic E-state index is 12.8. The summed E-state index contributed by atoms with van der Waals surface area (Å²) in [6.45, 7) is 1.40. The van der Waals surface area contributed by atoms with Crippen LogP contribution in [0.25, 0.3) is 4.96 Å². The second kappa shape index (κ2) is 6.38. The van der Waals surface area contributed by atoms with E-state index in [2.05, 4.69) is 9.71 Å². The summed E-state index contributed by atoms with van der Waals surface area (Å²) in [6.07, 6.45) is 1.42. The van der Waals surface area contributed by atoms with E-state index >= 15 is 0 Å².